The van der Waals surface area contributed by atoms with Crippen molar-refractivity contribution in [3.05, 3.63) is 89.3 Å². The second-order valence-electron chi connectivity index (χ2n) is 9.98. The zero-order valence-corrected chi connectivity index (χ0v) is 22.4. The Morgan fingerprint density at radius 1 is 0.794 bits per heavy atom. The van der Waals surface area contributed by atoms with E-state index in [2.05, 4.69) is 81.0 Å². The molecule has 176 valence electrons. The van der Waals surface area contributed by atoms with Gasteiger partial charge in [0.2, 0.25) is 0 Å². The summed E-state index contributed by atoms with van der Waals surface area (Å²) >= 11 is 0. The third-order valence-electron chi connectivity index (χ3n) is 8.14. The molecule has 2 nitrogen and oxygen atoms in total. The average Bonchev–Trinajstić information content (AvgIpc) is 2.78. The third-order valence-corrected chi connectivity index (χ3v) is 8.14. The molecule has 0 amide bonds. The van der Waals surface area contributed by atoms with Crippen LogP contribution in [0.15, 0.2) is 12.1 Å². The lowest BCUT2D eigenvalue weighted by Crippen LogP contribution is -2.26. The number of carbonyl (C=O) groups is 1. The molecule has 3 aromatic rings. The number of fused-ring (bicyclic) bond motifs is 2. The quantitative estimate of drug-likeness (QED) is 0.324. The molecule has 0 aromatic heterocycles. The Balaban J connectivity index is 2.37. The van der Waals surface area contributed by atoms with Gasteiger partial charge in [0.1, 0.15) is 11.5 Å². The number of benzene rings is 3. The Bertz CT molecular complexity index is 1520. The molecule has 0 bridgehead atoms. The highest BCUT2D eigenvalue weighted by Crippen LogP contribution is 2.44. The van der Waals surface area contributed by atoms with E-state index in [0.29, 0.717) is 0 Å². The molecule has 1 aliphatic heterocycles. The Labute approximate surface area is 204 Å². The van der Waals surface area contributed by atoms with Crippen LogP contribution in [0, 0.1) is 55.4 Å². The molecule has 0 fully saturated rings. The zero-order valence-electron chi connectivity index (χ0n) is 22.4. The lowest BCUT2D eigenvalue weighted by Gasteiger charge is -2.29. The number of aryl methyl sites for hydroxylation is 2. The van der Waals surface area contributed by atoms with E-state index in [0.717, 1.165) is 72.9 Å². The third kappa shape index (κ3) is 3.27. The van der Waals surface area contributed by atoms with E-state index in [4.69, 9.17) is 4.74 Å². The summed E-state index contributed by atoms with van der Waals surface area (Å²) in [7, 11) is 0. The Morgan fingerprint density at radius 2 is 1.41 bits per heavy atom. The molecule has 1 aliphatic rings. The van der Waals surface area contributed by atoms with Gasteiger partial charge in [-0.15, -0.1) is 0 Å². The van der Waals surface area contributed by atoms with E-state index >= 15 is 0 Å². The van der Waals surface area contributed by atoms with E-state index < -0.39 is 0 Å². The first-order valence-corrected chi connectivity index (χ1v) is 12.2. The van der Waals surface area contributed by atoms with Gasteiger partial charge < -0.3 is 4.74 Å². The lowest BCUT2D eigenvalue weighted by molar-refractivity contribution is 0.101. The molecule has 0 spiro atoms. The van der Waals surface area contributed by atoms with E-state index in [1.807, 2.05) is 0 Å². The highest BCUT2D eigenvalue weighted by Gasteiger charge is 2.30. The van der Waals surface area contributed by atoms with Gasteiger partial charge >= 0.3 is 0 Å². The molecule has 0 saturated heterocycles. The van der Waals surface area contributed by atoms with Crippen molar-refractivity contribution in [1.82, 2.24) is 0 Å². The molecule has 0 unspecified atom stereocenters. The van der Waals surface area contributed by atoms with Crippen molar-refractivity contribution in [2.75, 3.05) is 0 Å². The van der Waals surface area contributed by atoms with Crippen LogP contribution >= 0.6 is 0 Å². The van der Waals surface area contributed by atoms with Gasteiger partial charge in [0.15, 0.2) is 5.78 Å². The van der Waals surface area contributed by atoms with Gasteiger partial charge in [-0.25, -0.2) is 0 Å². The molecule has 4 rings (SSSR count). The van der Waals surface area contributed by atoms with Crippen LogP contribution in [0.2, 0.25) is 0 Å². The molecule has 34 heavy (non-hydrogen) atoms. The highest BCUT2D eigenvalue weighted by molar-refractivity contribution is 6.04. The van der Waals surface area contributed by atoms with E-state index in [9.17, 15) is 4.79 Å². The van der Waals surface area contributed by atoms with Crippen molar-refractivity contribution in [2.24, 2.45) is 0 Å². The number of Topliss-reactive ketones (excluding diaryl/α,β-unsaturated/α-hetero) is 1. The van der Waals surface area contributed by atoms with Gasteiger partial charge in [0.05, 0.1) is 0 Å². The van der Waals surface area contributed by atoms with Crippen LogP contribution in [0.3, 0.4) is 0 Å². The number of carbonyl (C=O) groups excluding carboxylic acids is 1. The van der Waals surface area contributed by atoms with Crippen molar-refractivity contribution in [3.8, 4) is 11.5 Å². The first-order valence-electron chi connectivity index (χ1n) is 12.2. The van der Waals surface area contributed by atoms with Crippen LogP contribution in [0.4, 0.5) is 0 Å². The number of rotatable bonds is 3. The fraction of sp³-hybridized carbons (Fsp3) is 0.344. The molecule has 0 radical (unpaired) electrons. The van der Waals surface area contributed by atoms with E-state index in [1.165, 1.54) is 27.8 Å². The monoisotopic (exact) mass is 452 g/mol. The molecular weight excluding hydrogens is 416 g/mol. The molecule has 0 N–H and O–H groups in total. The van der Waals surface area contributed by atoms with Gasteiger partial charge in [-0.05, 0) is 142 Å². The van der Waals surface area contributed by atoms with E-state index in [1.54, 1.807) is 6.92 Å². The van der Waals surface area contributed by atoms with Gasteiger partial charge in [0, 0.05) is 21.9 Å². The predicted molar refractivity (Wildman–Crippen MR) is 143 cm³/mol. The summed E-state index contributed by atoms with van der Waals surface area (Å²) in [5, 5.41) is 2.05. The average molecular weight is 453 g/mol. The van der Waals surface area contributed by atoms with Gasteiger partial charge in [-0.1, -0.05) is 13.5 Å². The van der Waals surface area contributed by atoms with E-state index in [-0.39, 0.29) is 5.78 Å². The molecule has 1 heterocycles. The lowest BCUT2D eigenvalue weighted by atomic mass is 9.79. The number of hydrogen-bond donors (Lipinski definition) is 0. The summed E-state index contributed by atoms with van der Waals surface area (Å²) in [5.41, 5.74) is 14.6. The minimum Gasteiger partial charge on any atom is -0.455 e. The van der Waals surface area contributed by atoms with Crippen LogP contribution in [0.5, 0.6) is 11.5 Å². The maximum absolute atomic E-state index is 13.1. The van der Waals surface area contributed by atoms with Crippen LogP contribution in [-0.4, -0.2) is 5.78 Å². The van der Waals surface area contributed by atoms with Gasteiger partial charge in [-0.2, -0.15) is 0 Å². The van der Waals surface area contributed by atoms with Crippen molar-refractivity contribution in [3.63, 3.8) is 0 Å². The highest BCUT2D eigenvalue weighted by atomic mass is 16.5. The SMILES string of the molecule is C=c1c(C)cc2c(c1C)Oc1c(cc(C)c(CC)c1C)C=2c1c(C)c(C)c(C)c(C)c1C(C)=O. The molecule has 0 atom stereocenters. The molecular formula is C32H36O2. The summed E-state index contributed by atoms with van der Waals surface area (Å²) in [6, 6.07) is 4.45. The van der Waals surface area contributed by atoms with Crippen LogP contribution in [0.1, 0.15) is 85.4 Å². The Hall–Kier alpha value is -3.13. The van der Waals surface area contributed by atoms with Gasteiger partial charge in [0.25, 0.3) is 0 Å². The fourth-order valence-corrected chi connectivity index (χ4v) is 5.77. The van der Waals surface area contributed by atoms with Crippen molar-refractivity contribution < 1.29 is 9.53 Å². The topological polar surface area (TPSA) is 26.3 Å². The van der Waals surface area contributed by atoms with Crippen molar-refractivity contribution in [2.45, 2.75) is 75.7 Å². The second kappa shape index (κ2) is 8.27. The first-order chi connectivity index (χ1) is 15.9. The summed E-state index contributed by atoms with van der Waals surface area (Å²) < 4.78 is 6.70. The summed E-state index contributed by atoms with van der Waals surface area (Å²) in [4.78, 5) is 13.1. The largest absolute Gasteiger partial charge is 0.455 e. The van der Waals surface area contributed by atoms with Gasteiger partial charge in [-0.3, -0.25) is 4.79 Å². The van der Waals surface area contributed by atoms with Crippen LogP contribution in [0.25, 0.3) is 12.2 Å². The second-order valence-corrected chi connectivity index (χ2v) is 9.98. The molecule has 2 heteroatoms. The standard InChI is InChI=1S/C32H36O2/c1-12-25-16(3)14-27-30(29-21(8)19(6)18(5)20(7)28(29)24(11)33)26-13-15(2)17(4)22(9)31(26)34-32(27)23(25)10/h13-14H,4,12H2,1-3,5-11H3. The first kappa shape index (κ1) is 24.0. The summed E-state index contributed by atoms with van der Waals surface area (Å²) in [6.45, 7) is 25.2. The minimum absolute atomic E-state index is 0.0987. The molecule has 3 aromatic carbocycles. The van der Waals surface area contributed by atoms with Crippen LogP contribution < -0.4 is 15.2 Å². The number of hydrogen-bond acceptors (Lipinski definition) is 2. The maximum Gasteiger partial charge on any atom is 0.160 e. The zero-order chi connectivity index (χ0) is 25.2. The maximum atomic E-state index is 13.1. The number of ether oxygens (including phenoxy) is 1. The smallest absolute Gasteiger partial charge is 0.160 e. The number of ketones is 1. The molecule has 0 aliphatic carbocycles. The van der Waals surface area contributed by atoms with Crippen LogP contribution in [-0.2, 0) is 6.42 Å². The van der Waals surface area contributed by atoms with Crippen molar-refractivity contribution >= 4 is 17.9 Å². The fourth-order valence-electron chi connectivity index (χ4n) is 5.77. The predicted octanol–water partition coefficient (Wildman–Crippen LogP) is 6.68. The van der Waals surface area contributed by atoms with Crippen molar-refractivity contribution in [1.29, 1.82) is 0 Å². The Kier molecular flexibility index (Phi) is 5.84. The summed E-state index contributed by atoms with van der Waals surface area (Å²) in [5.74, 6) is 1.86. The Morgan fingerprint density at radius 3 is 2.00 bits per heavy atom. The minimum atomic E-state index is 0.0987. The normalized spacial score (nSPS) is 12.4. The molecule has 0 saturated carbocycles. The summed E-state index contributed by atoms with van der Waals surface area (Å²) in [6.07, 6.45) is 0.949.